The molecule has 0 fully saturated rings. The van der Waals surface area contributed by atoms with E-state index in [-0.39, 0.29) is 18.3 Å². The number of anilines is 1. The molecule has 0 bridgehead atoms. The summed E-state index contributed by atoms with van der Waals surface area (Å²) in [6.45, 7) is 4.91. The monoisotopic (exact) mass is 275 g/mol. The molecule has 0 spiro atoms. The largest absolute Gasteiger partial charge is 0.481 e. The molecule has 0 saturated carbocycles. The predicted molar refractivity (Wildman–Crippen MR) is 65.6 cm³/mol. The Hall–Kier alpha value is -1.72. The van der Waals surface area contributed by atoms with E-state index in [9.17, 15) is 18.0 Å². The molecule has 0 amide bonds. The molecule has 106 valence electrons. The third-order valence-corrected chi connectivity index (χ3v) is 2.84. The van der Waals surface area contributed by atoms with Crippen molar-refractivity contribution in [2.45, 2.75) is 26.8 Å². The van der Waals surface area contributed by atoms with Gasteiger partial charge in [-0.05, 0) is 26.0 Å². The number of carboxylic acids is 1. The van der Waals surface area contributed by atoms with E-state index >= 15 is 0 Å². The van der Waals surface area contributed by atoms with Gasteiger partial charge in [0, 0.05) is 12.6 Å². The third-order valence-electron chi connectivity index (χ3n) is 2.84. The normalized spacial score (nSPS) is 12.6. The molecule has 1 N–H and O–H groups in total. The number of hydrogen-bond donors (Lipinski definition) is 1. The summed E-state index contributed by atoms with van der Waals surface area (Å²) in [4.78, 5) is 12.2. The van der Waals surface area contributed by atoms with Crippen molar-refractivity contribution in [3.63, 3.8) is 0 Å². The first-order valence-electron chi connectivity index (χ1n) is 5.88. The Morgan fingerprint density at radius 3 is 2.26 bits per heavy atom. The fraction of sp³-hybridized carbons (Fsp3) is 0.462. The van der Waals surface area contributed by atoms with E-state index in [2.05, 4.69) is 0 Å². The van der Waals surface area contributed by atoms with Gasteiger partial charge in [-0.25, -0.2) is 13.2 Å². The van der Waals surface area contributed by atoms with Gasteiger partial charge in [0.1, 0.15) is 0 Å². The minimum absolute atomic E-state index is 0.00892. The minimum Gasteiger partial charge on any atom is -0.481 e. The van der Waals surface area contributed by atoms with Crippen LogP contribution in [-0.4, -0.2) is 23.7 Å². The van der Waals surface area contributed by atoms with Crippen LogP contribution in [0.5, 0.6) is 0 Å². The summed E-state index contributed by atoms with van der Waals surface area (Å²) in [7, 11) is 0. The molecule has 1 aromatic rings. The molecule has 3 nitrogen and oxygen atoms in total. The van der Waals surface area contributed by atoms with Crippen molar-refractivity contribution in [2.75, 3.05) is 11.4 Å². The first-order chi connectivity index (χ1) is 8.75. The predicted octanol–water partition coefficient (Wildman–Crippen LogP) is 3.04. The van der Waals surface area contributed by atoms with Crippen molar-refractivity contribution in [3.8, 4) is 0 Å². The molecule has 0 saturated heterocycles. The summed E-state index contributed by atoms with van der Waals surface area (Å²) in [6.07, 6.45) is 0. The summed E-state index contributed by atoms with van der Waals surface area (Å²) in [6, 6.07) is 1.69. The number of nitrogens with zero attached hydrogens (tertiary/aromatic N) is 1. The molecular weight excluding hydrogens is 259 g/mol. The molecule has 0 aliphatic carbocycles. The number of carboxylic acid groups (broad SMARTS) is 1. The zero-order valence-electron chi connectivity index (χ0n) is 11.0. The summed E-state index contributed by atoms with van der Waals surface area (Å²) < 4.78 is 39.8. The molecule has 0 heterocycles. The fourth-order valence-electron chi connectivity index (χ4n) is 1.70. The highest BCUT2D eigenvalue weighted by Gasteiger charge is 2.23. The first kappa shape index (κ1) is 15.3. The van der Waals surface area contributed by atoms with Crippen LogP contribution in [0.4, 0.5) is 18.9 Å². The molecule has 1 aromatic carbocycles. The van der Waals surface area contributed by atoms with Gasteiger partial charge >= 0.3 is 5.97 Å². The van der Waals surface area contributed by atoms with Crippen LogP contribution in [0, 0.1) is 23.4 Å². The number of rotatable bonds is 5. The summed E-state index contributed by atoms with van der Waals surface area (Å²) in [5.41, 5.74) is -0.137. The highest BCUT2D eigenvalue weighted by Crippen LogP contribution is 2.26. The van der Waals surface area contributed by atoms with E-state index < -0.39 is 29.3 Å². The number of aliphatic carboxylic acids is 1. The Morgan fingerprint density at radius 2 is 1.79 bits per heavy atom. The molecular formula is C13H16F3NO2. The third kappa shape index (κ3) is 3.39. The number of halogens is 3. The van der Waals surface area contributed by atoms with Gasteiger partial charge in [0.15, 0.2) is 17.5 Å². The summed E-state index contributed by atoms with van der Waals surface area (Å²) in [5.74, 6) is -5.91. The number of carbonyl (C=O) groups is 1. The van der Waals surface area contributed by atoms with Crippen molar-refractivity contribution >= 4 is 11.7 Å². The number of benzene rings is 1. The van der Waals surface area contributed by atoms with Crippen LogP contribution < -0.4 is 4.90 Å². The lowest BCUT2D eigenvalue weighted by atomic mass is 10.1. The highest BCUT2D eigenvalue weighted by atomic mass is 19.2. The summed E-state index contributed by atoms with van der Waals surface area (Å²) >= 11 is 0. The first-order valence-corrected chi connectivity index (χ1v) is 5.88. The molecule has 1 rings (SSSR count). The second-order valence-electron chi connectivity index (χ2n) is 4.68. The second-order valence-corrected chi connectivity index (χ2v) is 4.68. The van der Waals surface area contributed by atoms with Gasteiger partial charge < -0.3 is 10.0 Å². The lowest BCUT2D eigenvalue weighted by Crippen LogP contribution is -2.37. The van der Waals surface area contributed by atoms with E-state index in [1.54, 1.807) is 13.8 Å². The smallest absolute Gasteiger partial charge is 0.308 e. The quantitative estimate of drug-likeness (QED) is 0.840. The lowest BCUT2D eigenvalue weighted by Gasteiger charge is -2.30. The number of hydrogen-bond acceptors (Lipinski definition) is 2. The van der Waals surface area contributed by atoms with Crippen molar-refractivity contribution in [1.82, 2.24) is 0 Å². The SMILES string of the molecule is CC(CN(c1ccc(F)c(F)c1F)C(C)C)C(=O)O. The van der Waals surface area contributed by atoms with Crippen LogP contribution in [-0.2, 0) is 4.79 Å². The molecule has 1 unspecified atom stereocenters. The molecule has 6 heteroatoms. The standard InChI is InChI=1S/C13H16F3NO2/c1-7(2)17(6-8(3)13(18)19)10-5-4-9(14)11(15)12(10)16/h4-5,7-8H,6H2,1-3H3,(H,18,19). The van der Waals surface area contributed by atoms with Crippen LogP contribution in [0.3, 0.4) is 0 Å². The fourth-order valence-corrected chi connectivity index (χ4v) is 1.70. The average Bonchev–Trinajstić information content (AvgIpc) is 2.33. The van der Waals surface area contributed by atoms with Crippen LogP contribution in [0.25, 0.3) is 0 Å². The lowest BCUT2D eigenvalue weighted by molar-refractivity contribution is -0.140. The average molecular weight is 275 g/mol. The highest BCUT2D eigenvalue weighted by molar-refractivity contribution is 5.70. The zero-order chi connectivity index (χ0) is 14.7. The maximum atomic E-state index is 13.7. The molecule has 0 aliphatic rings. The van der Waals surface area contributed by atoms with Crippen molar-refractivity contribution in [1.29, 1.82) is 0 Å². The topological polar surface area (TPSA) is 40.5 Å². The Morgan fingerprint density at radius 1 is 1.21 bits per heavy atom. The van der Waals surface area contributed by atoms with Gasteiger partial charge in [-0.1, -0.05) is 6.92 Å². The van der Waals surface area contributed by atoms with E-state index in [1.807, 2.05) is 0 Å². The van der Waals surface area contributed by atoms with Gasteiger partial charge in [-0.3, -0.25) is 4.79 Å². The van der Waals surface area contributed by atoms with Gasteiger partial charge in [0.05, 0.1) is 11.6 Å². The Bertz CT molecular complexity index is 477. The summed E-state index contributed by atoms with van der Waals surface area (Å²) in [5, 5.41) is 8.87. The van der Waals surface area contributed by atoms with Gasteiger partial charge in [-0.15, -0.1) is 0 Å². The van der Waals surface area contributed by atoms with E-state index in [4.69, 9.17) is 5.11 Å². The van der Waals surface area contributed by atoms with Gasteiger partial charge in [0.25, 0.3) is 0 Å². The molecule has 19 heavy (non-hydrogen) atoms. The van der Waals surface area contributed by atoms with Crippen LogP contribution >= 0.6 is 0 Å². The van der Waals surface area contributed by atoms with Crippen molar-refractivity contribution in [2.24, 2.45) is 5.92 Å². The van der Waals surface area contributed by atoms with E-state index in [0.29, 0.717) is 0 Å². The Balaban J connectivity index is 3.13. The van der Waals surface area contributed by atoms with E-state index in [0.717, 1.165) is 12.1 Å². The second kappa shape index (κ2) is 5.95. The van der Waals surface area contributed by atoms with Crippen LogP contribution in [0.15, 0.2) is 12.1 Å². The van der Waals surface area contributed by atoms with Crippen LogP contribution in [0.1, 0.15) is 20.8 Å². The molecule has 0 aliphatic heterocycles. The van der Waals surface area contributed by atoms with Crippen LogP contribution in [0.2, 0.25) is 0 Å². The molecule has 0 aromatic heterocycles. The Kier molecular flexibility index (Phi) is 4.80. The zero-order valence-corrected chi connectivity index (χ0v) is 11.0. The molecule has 0 radical (unpaired) electrons. The maximum absolute atomic E-state index is 13.7. The van der Waals surface area contributed by atoms with Crippen molar-refractivity contribution in [3.05, 3.63) is 29.6 Å². The Labute approximate surface area is 109 Å². The van der Waals surface area contributed by atoms with Crippen molar-refractivity contribution < 1.29 is 23.1 Å². The minimum atomic E-state index is -1.55. The molecule has 1 atom stereocenters. The van der Waals surface area contributed by atoms with Gasteiger partial charge in [0.2, 0.25) is 0 Å². The maximum Gasteiger partial charge on any atom is 0.308 e. The van der Waals surface area contributed by atoms with Gasteiger partial charge in [-0.2, -0.15) is 0 Å². The van der Waals surface area contributed by atoms with E-state index in [1.165, 1.54) is 11.8 Å².